The van der Waals surface area contributed by atoms with Crippen LogP contribution in [0.15, 0.2) is 18.3 Å². The molecule has 0 aliphatic carbocycles. The minimum Gasteiger partial charge on any atom is -0.465 e. The lowest BCUT2D eigenvalue weighted by atomic mass is 9.95. The topological polar surface area (TPSA) is 80.5 Å². The van der Waals surface area contributed by atoms with Crippen molar-refractivity contribution in [3.63, 3.8) is 0 Å². The summed E-state index contributed by atoms with van der Waals surface area (Å²) in [5, 5.41) is 18.0. The van der Waals surface area contributed by atoms with Crippen LogP contribution in [0, 0.1) is 11.3 Å². The van der Waals surface area contributed by atoms with Gasteiger partial charge in [-0.3, -0.25) is 0 Å². The zero-order valence-electron chi connectivity index (χ0n) is 11.1. The van der Waals surface area contributed by atoms with Crippen LogP contribution < -0.4 is 4.90 Å². The number of pyridine rings is 1. The van der Waals surface area contributed by atoms with E-state index < -0.39 is 6.09 Å². The van der Waals surface area contributed by atoms with E-state index >= 15 is 0 Å². The Morgan fingerprint density at radius 3 is 2.85 bits per heavy atom. The summed E-state index contributed by atoms with van der Waals surface area (Å²) in [6, 6.07) is 5.68. The third-order valence-corrected chi connectivity index (χ3v) is 4.35. The van der Waals surface area contributed by atoms with Gasteiger partial charge in [0.25, 0.3) is 0 Å². The monoisotopic (exact) mass is 272 g/mol. The molecule has 0 radical (unpaired) electrons. The van der Waals surface area contributed by atoms with Crippen molar-refractivity contribution in [1.82, 2.24) is 9.88 Å². The Balaban J connectivity index is 1.85. The molecule has 0 bridgehead atoms. The molecular weight excluding hydrogens is 256 g/mol. The standard InChI is InChI=1S/C14H16N4O2/c15-8-11-2-3-12(16-9-11)18-6-1-4-14(18)5-7-17(10-14)13(19)20/h2-3,9H,1,4-7,10H2,(H,19,20). The Labute approximate surface area is 117 Å². The molecule has 1 atom stereocenters. The molecule has 2 saturated heterocycles. The molecule has 1 aromatic heterocycles. The first-order valence-corrected chi connectivity index (χ1v) is 6.76. The third-order valence-electron chi connectivity index (χ3n) is 4.35. The van der Waals surface area contributed by atoms with E-state index in [1.807, 2.05) is 6.07 Å². The van der Waals surface area contributed by atoms with Crippen molar-refractivity contribution in [3.05, 3.63) is 23.9 Å². The number of aromatic nitrogens is 1. The number of anilines is 1. The van der Waals surface area contributed by atoms with Crippen molar-refractivity contribution in [2.24, 2.45) is 0 Å². The second-order valence-corrected chi connectivity index (χ2v) is 5.45. The molecule has 2 fully saturated rings. The average molecular weight is 272 g/mol. The molecule has 2 aliphatic rings. The van der Waals surface area contributed by atoms with Gasteiger partial charge in [0, 0.05) is 25.8 Å². The predicted octanol–water partition coefficient (Wildman–Crippen LogP) is 1.68. The fraction of sp³-hybridized carbons (Fsp3) is 0.500. The van der Waals surface area contributed by atoms with Crippen molar-refractivity contribution < 1.29 is 9.90 Å². The van der Waals surface area contributed by atoms with Gasteiger partial charge in [-0.1, -0.05) is 0 Å². The van der Waals surface area contributed by atoms with Crippen molar-refractivity contribution in [1.29, 1.82) is 5.26 Å². The molecule has 1 aromatic rings. The molecule has 1 N–H and O–H groups in total. The summed E-state index contributed by atoms with van der Waals surface area (Å²) in [5.41, 5.74) is 0.431. The van der Waals surface area contributed by atoms with Gasteiger partial charge in [0.05, 0.1) is 11.1 Å². The first kappa shape index (κ1) is 12.7. The van der Waals surface area contributed by atoms with E-state index in [2.05, 4.69) is 16.0 Å². The van der Waals surface area contributed by atoms with Crippen LogP contribution in [-0.2, 0) is 0 Å². The number of hydrogen-bond acceptors (Lipinski definition) is 4. The van der Waals surface area contributed by atoms with Gasteiger partial charge in [-0.15, -0.1) is 0 Å². The lowest BCUT2D eigenvalue weighted by Crippen LogP contribution is -2.47. The van der Waals surface area contributed by atoms with Crippen molar-refractivity contribution >= 4 is 11.9 Å². The molecule has 0 aromatic carbocycles. The van der Waals surface area contributed by atoms with Crippen molar-refractivity contribution in [2.45, 2.75) is 24.8 Å². The first-order chi connectivity index (χ1) is 9.64. The number of likely N-dealkylation sites (tertiary alicyclic amines) is 1. The zero-order chi connectivity index (χ0) is 14.2. The molecule has 1 spiro atoms. The van der Waals surface area contributed by atoms with Crippen LogP contribution in [0.5, 0.6) is 0 Å². The largest absolute Gasteiger partial charge is 0.465 e. The molecule has 20 heavy (non-hydrogen) atoms. The second kappa shape index (κ2) is 4.67. The second-order valence-electron chi connectivity index (χ2n) is 5.45. The number of carboxylic acid groups (broad SMARTS) is 1. The highest BCUT2D eigenvalue weighted by molar-refractivity contribution is 5.66. The molecule has 1 amide bonds. The predicted molar refractivity (Wildman–Crippen MR) is 72.5 cm³/mol. The average Bonchev–Trinajstić information content (AvgIpc) is 3.07. The molecule has 3 heterocycles. The summed E-state index contributed by atoms with van der Waals surface area (Å²) in [6.45, 7) is 2.03. The molecule has 6 heteroatoms. The Kier molecular flexibility index (Phi) is 2.97. The maximum atomic E-state index is 11.1. The molecular formula is C14H16N4O2. The molecule has 104 valence electrons. The van der Waals surface area contributed by atoms with Crippen LogP contribution in [0.1, 0.15) is 24.8 Å². The number of nitrogens with zero attached hydrogens (tertiary/aromatic N) is 4. The fourth-order valence-corrected chi connectivity index (χ4v) is 3.35. The van der Waals surface area contributed by atoms with Gasteiger partial charge < -0.3 is 14.9 Å². The summed E-state index contributed by atoms with van der Waals surface area (Å²) < 4.78 is 0. The van der Waals surface area contributed by atoms with Crippen molar-refractivity contribution in [2.75, 3.05) is 24.5 Å². The summed E-state index contributed by atoms with van der Waals surface area (Å²) in [5.74, 6) is 0.841. The first-order valence-electron chi connectivity index (χ1n) is 6.76. The van der Waals surface area contributed by atoms with Crippen molar-refractivity contribution in [3.8, 4) is 6.07 Å². The van der Waals surface area contributed by atoms with Gasteiger partial charge in [0.1, 0.15) is 11.9 Å². The van der Waals surface area contributed by atoms with Gasteiger partial charge in [-0.2, -0.15) is 5.26 Å². The highest BCUT2D eigenvalue weighted by Crippen LogP contribution is 2.39. The minimum absolute atomic E-state index is 0.112. The number of rotatable bonds is 1. The Hall–Kier alpha value is -2.29. The SMILES string of the molecule is N#Cc1ccc(N2CCCC23CCN(C(=O)O)C3)nc1. The van der Waals surface area contributed by atoms with E-state index in [9.17, 15) is 4.79 Å². The normalized spacial score (nSPS) is 25.1. The highest BCUT2D eigenvalue weighted by atomic mass is 16.4. The van der Waals surface area contributed by atoms with Crippen LogP contribution in [-0.4, -0.2) is 46.3 Å². The van der Waals surface area contributed by atoms with Gasteiger partial charge in [0.2, 0.25) is 0 Å². The van der Waals surface area contributed by atoms with Crippen LogP contribution in [0.3, 0.4) is 0 Å². The quantitative estimate of drug-likeness (QED) is 0.841. The van der Waals surface area contributed by atoms with Gasteiger partial charge in [0.15, 0.2) is 0 Å². The fourth-order valence-electron chi connectivity index (χ4n) is 3.35. The number of amides is 1. The Bertz CT molecular complexity index is 566. The number of nitriles is 1. The maximum absolute atomic E-state index is 11.1. The van der Waals surface area contributed by atoms with Crippen LogP contribution in [0.2, 0.25) is 0 Å². The van der Waals surface area contributed by atoms with Crippen LogP contribution in [0.4, 0.5) is 10.6 Å². The van der Waals surface area contributed by atoms with Crippen LogP contribution in [0.25, 0.3) is 0 Å². The Morgan fingerprint density at radius 1 is 1.40 bits per heavy atom. The van der Waals surface area contributed by atoms with Gasteiger partial charge >= 0.3 is 6.09 Å². The molecule has 0 saturated carbocycles. The zero-order valence-corrected chi connectivity index (χ0v) is 11.1. The van der Waals surface area contributed by atoms with Crippen LogP contribution >= 0.6 is 0 Å². The lowest BCUT2D eigenvalue weighted by molar-refractivity contribution is 0.153. The highest BCUT2D eigenvalue weighted by Gasteiger charge is 2.47. The van der Waals surface area contributed by atoms with Gasteiger partial charge in [-0.05, 0) is 31.4 Å². The van der Waals surface area contributed by atoms with E-state index in [0.29, 0.717) is 18.7 Å². The maximum Gasteiger partial charge on any atom is 0.407 e. The Morgan fingerprint density at radius 2 is 2.25 bits per heavy atom. The summed E-state index contributed by atoms with van der Waals surface area (Å²) in [6.07, 6.45) is 3.63. The number of carbonyl (C=O) groups is 1. The molecule has 6 nitrogen and oxygen atoms in total. The van der Waals surface area contributed by atoms with Gasteiger partial charge in [-0.25, -0.2) is 9.78 Å². The summed E-state index contributed by atoms with van der Waals surface area (Å²) in [7, 11) is 0. The third kappa shape index (κ3) is 1.95. The smallest absolute Gasteiger partial charge is 0.407 e. The summed E-state index contributed by atoms with van der Waals surface area (Å²) >= 11 is 0. The van der Waals surface area contributed by atoms with E-state index in [0.717, 1.165) is 31.6 Å². The molecule has 3 rings (SSSR count). The van der Waals surface area contributed by atoms with E-state index in [1.165, 1.54) is 4.90 Å². The van der Waals surface area contributed by atoms with E-state index in [4.69, 9.17) is 10.4 Å². The lowest BCUT2D eigenvalue weighted by Gasteiger charge is -2.35. The number of hydrogen-bond donors (Lipinski definition) is 1. The summed E-state index contributed by atoms with van der Waals surface area (Å²) in [4.78, 5) is 19.2. The minimum atomic E-state index is -0.846. The molecule has 2 aliphatic heterocycles. The molecule has 1 unspecified atom stereocenters. The van der Waals surface area contributed by atoms with E-state index in [1.54, 1.807) is 12.3 Å². The van der Waals surface area contributed by atoms with E-state index in [-0.39, 0.29) is 5.54 Å².